The minimum atomic E-state index is 0.983. The van der Waals surface area contributed by atoms with Crippen LogP contribution in [0.2, 0.25) is 0 Å². The molecule has 0 aromatic rings. The van der Waals surface area contributed by atoms with Crippen molar-refractivity contribution in [2.45, 2.75) is 19.8 Å². The molecule has 1 nitrogen and oxygen atoms in total. The molecule has 0 aromatic carbocycles. The lowest BCUT2D eigenvalue weighted by Crippen LogP contribution is -2.14. The molecule has 1 heterocycles. The normalized spacial score (nSPS) is 42.6. The zero-order valence-electron chi connectivity index (χ0n) is 7.29. The summed E-state index contributed by atoms with van der Waals surface area (Å²) in [5.41, 5.74) is 0. The highest BCUT2D eigenvalue weighted by atomic mass is 15.1. The molecule has 1 aliphatic heterocycles. The first kappa shape index (κ1) is 7.20. The number of fused-ring (bicyclic) bond motifs is 1. The van der Waals surface area contributed by atoms with Crippen LogP contribution in [-0.2, 0) is 0 Å². The molecule has 2 atom stereocenters. The second kappa shape index (κ2) is 2.54. The smallest absolute Gasteiger partial charge is 0.0204 e. The molecule has 0 bridgehead atoms. The van der Waals surface area contributed by atoms with Gasteiger partial charge < -0.3 is 4.90 Å². The molecule has 2 fully saturated rings. The first-order valence-corrected chi connectivity index (χ1v) is 4.66. The molecule has 1 aliphatic carbocycles. The van der Waals surface area contributed by atoms with E-state index in [4.69, 9.17) is 0 Å². The molecule has 0 radical (unpaired) electrons. The molecular formula is C10H17N. The summed E-state index contributed by atoms with van der Waals surface area (Å²) in [6.45, 7) is 8.75. The number of likely N-dealkylation sites (tertiary alicyclic amines) is 1. The molecule has 2 unspecified atom stereocenters. The maximum atomic E-state index is 3.81. The molecule has 2 aliphatic rings. The van der Waals surface area contributed by atoms with E-state index in [2.05, 4.69) is 18.4 Å². The van der Waals surface area contributed by atoms with Crippen molar-refractivity contribution < 1.29 is 0 Å². The Balaban J connectivity index is 1.98. The first-order chi connectivity index (χ1) is 5.29. The van der Waals surface area contributed by atoms with Crippen molar-refractivity contribution in [3.05, 3.63) is 12.8 Å². The van der Waals surface area contributed by atoms with E-state index < -0.39 is 0 Å². The fourth-order valence-corrected chi connectivity index (χ4v) is 2.79. The van der Waals surface area contributed by atoms with E-state index in [1.54, 1.807) is 0 Å². The van der Waals surface area contributed by atoms with Gasteiger partial charge in [-0.1, -0.05) is 13.5 Å². The second-order valence-electron chi connectivity index (χ2n) is 4.23. The summed E-state index contributed by atoms with van der Waals surface area (Å²) in [5.74, 6) is 2.96. The van der Waals surface area contributed by atoms with Crippen LogP contribution in [0.5, 0.6) is 0 Å². The number of hydrogen-bond donors (Lipinski definition) is 0. The van der Waals surface area contributed by atoms with Gasteiger partial charge in [-0.2, -0.15) is 0 Å². The summed E-state index contributed by atoms with van der Waals surface area (Å²) in [6.07, 6.45) is 4.91. The van der Waals surface area contributed by atoms with E-state index in [9.17, 15) is 0 Å². The van der Waals surface area contributed by atoms with Crippen molar-refractivity contribution in [1.82, 2.24) is 4.90 Å². The maximum Gasteiger partial charge on any atom is 0.0204 e. The zero-order chi connectivity index (χ0) is 7.84. The predicted octanol–water partition coefficient (Wildman–Crippen LogP) is 2.11. The van der Waals surface area contributed by atoms with E-state index in [0.717, 1.165) is 17.8 Å². The summed E-state index contributed by atoms with van der Waals surface area (Å²) in [7, 11) is 0. The summed E-state index contributed by atoms with van der Waals surface area (Å²) in [5, 5.41) is 0. The van der Waals surface area contributed by atoms with Crippen molar-refractivity contribution in [3.8, 4) is 0 Å². The number of rotatable bonds is 1. The summed E-state index contributed by atoms with van der Waals surface area (Å²) in [4.78, 5) is 2.38. The van der Waals surface area contributed by atoms with Gasteiger partial charge in [0, 0.05) is 13.1 Å². The Morgan fingerprint density at radius 2 is 1.82 bits per heavy atom. The molecule has 62 valence electrons. The van der Waals surface area contributed by atoms with Crippen LogP contribution in [0.3, 0.4) is 0 Å². The number of hydrogen-bond acceptors (Lipinski definition) is 1. The van der Waals surface area contributed by atoms with Gasteiger partial charge in [-0.3, -0.25) is 0 Å². The molecule has 0 aromatic heterocycles. The predicted molar refractivity (Wildman–Crippen MR) is 47.1 cm³/mol. The highest BCUT2D eigenvalue weighted by Gasteiger charge is 2.37. The lowest BCUT2D eigenvalue weighted by Gasteiger charge is -2.13. The molecule has 1 heteroatoms. The Kier molecular flexibility index (Phi) is 1.67. The van der Waals surface area contributed by atoms with Gasteiger partial charge >= 0.3 is 0 Å². The molecule has 1 saturated heterocycles. The monoisotopic (exact) mass is 151 g/mol. The van der Waals surface area contributed by atoms with Crippen molar-refractivity contribution in [2.24, 2.45) is 17.8 Å². The van der Waals surface area contributed by atoms with Gasteiger partial charge in [0.15, 0.2) is 0 Å². The van der Waals surface area contributed by atoms with Gasteiger partial charge in [-0.25, -0.2) is 0 Å². The van der Waals surface area contributed by atoms with E-state index in [-0.39, 0.29) is 0 Å². The fraction of sp³-hybridized carbons (Fsp3) is 0.800. The fourth-order valence-electron chi connectivity index (χ4n) is 2.79. The quantitative estimate of drug-likeness (QED) is 0.555. The van der Waals surface area contributed by atoms with Crippen LogP contribution < -0.4 is 0 Å². The Morgan fingerprint density at radius 1 is 1.27 bits per heavy atom. The minimum absolute atomic E-state index is 0.983. The average Bonchev–Trinajstić information content (AvgIpc) is 2.43. The van der Waals surface area contributed by atoms with Crippen molar-refractivity contribution in [3.63, 3.8) is 0 Å². The Hall–Kier alpha value is -0.460. The van der Waals surface area contributed by atoms with Crippen LogP contribution in [0.15, 0.2) is 12.8 Å². The third kappa shape index (κ3) is 1.17. The summed E-state index contributed by atoms with van der Waals surface area (Å²) < 4.78 is 0. The van der Waals surface area contributed by atoms with E-state index in [1.165, 1.54) is 25.9 Å². The Bertz CT molecular complexity index is 150. The summed E-state index contributed by atoms with van der Waals surface area (Å²) in [6, 6.07) is 0. The Labute approximate surface area is 69.1 Å². The molecular weight excluding hydrogens is 134 g/mol. The largest absolute Gasteiger partial charge is 0.377 e. The summed E-state index contributed by atoms with van der Waals surface area (Å²) >= 11 is 0. The van der Waals surface area contributed by atoms with E-state index >= 15 is 0 Å². The highest BCUT2D eigenvalue weighted by molar-refractivity contribution is 4.93. The third-order valence-corrected chi connectivity index (χ3v) is 3.27. The SMILES string of the molecule is C=CN1CC2CC(C)CC2C1. The molecule has 2 rings (SSSR count). The standard InChI is InChI=1S/C10H17N/c1-3-11-6-9-4-8(2)5-10(9)7-11/h3,8-10H,1,4-7H2,2H3. The van der Waals surface area contributed by atoms with Crippen LogP contribution >= 0.6 is 0 Å². The molecule has 11 heavy (non-hydrogen) atoms. The van der Waals surface area contributed by atoms with Crippen LogP contribution in [0.4, 0.5) is 0 Å². The number of nitrogens with zero attached hydrogens (tertiary/aromatic N) is 1. The lowest BCUT2D eigenvalue weighted by molar-refractivity contribution is 0.397. The molecule has 0 amide bonds. The minimum Gasteiger partial charge on any atom is -0.377 e. The van der Waals surface area contributed by atoms with Crippen LogP contribution in [-0.4, -0.2) is 18.0 Å². The van der Waals surface area contributed by atoms with Gasteiger partial charge in [-0.05, 0) is 36.8 Å². The van der Waals surface area contributed by atoms with Crippen molar-refractivity contribution in [1.29, 1.82) is 0 Å². The van der Waals surface area contributed by atoms with Gasteiger partial charge in [0.25, 0.3) is 0 Å². The van der Waals surface area contributed by atoms with Crippen molar-refractivity contribution in [2.75, 3.05) is 13.1 Å². The molecule has 0 N–H and O–H groups in total. The lowest BCUT2D eigenvalue weighted by atomic mass is 10.0. The van der Waals surface area contributed by atoms with Gasteiger partial charge in [0.2, 0.25) is 0 Å². The van der Waals surface area contributed by atoms with E-state index in [0.29, 0.717) is 0 Å². The van der Waals surface area contributed by atoms with Crippen molar-refractivity contribution >= 4 is 0 Å². The van der Waals surface area contributed by atoms with Gasteiger partial charge in [0.05, 0.1) is 0 Å². The third-order valence-electron chi connectivity index (χ3n) is 3.27. The molecule has 1 saturated carbocycles. The first-order valence-electron chi connectivity index (χ1n) is 4.66. The zero-order valence-corrected chi connectivity index (χ0v) is 7.29. The average molecular weight is 151 g/mol. The van der Waals surface area contributed by atoms with Crippen LogP contribution in [0.25, 0.3) is 0 Å². The topological polar surface area (TPSA) is 3.24 Å². The van der Waals surface area contributed by atoms with Crippen LogP contribution in [0, 0.1) is 17.8 Å². The van der Waals surface area contributed by atoms with Gasteiger partial charge in [0.1, 0.15) is 0 Å². The van der Waals surface area contributed by atoms with Gasteiger partial charge in [-0.15, -0.1) is 0 Å². The second-order valence-corrected chi connectivity index (χ2v) is 4.23. The van der Waals surface area contributed by atoms with Crippen LogP contribution in [0.1, 0.15) is 19.8 Å². The Morgan fingerprint density at radius 3 is 2.27 bits per heavy atom. The van der Waals surface area contributed by atoms with E-state index in [1.807, 2.05) is 6.20 Å². The maximum absolute atomic E-state index is 3.81. The molecule has 0 spiro atoms. The highest BCUT2D eigenvalue weighted by Crippen LogP contribution is 2.40.